The first kappa shape index (κ1) is 24.3. The van der Waals surface area contributed by atoms with Crippen molar-refractivity contribution in [1.82, 2.24) is 4.90 Å². The molecule has 1 fully saturated rings. The van der Waals surface area contributed by atoms with Gasteiger partial charge in [-0.1, -0.05) is 83.5 Å². The van der Waals surface area contributed by atoms with Gasteiger partial charge >= 0.3 is 0 Å². The van der Waals surface area contributed by atoms with Gasteiger partial charge in [-0.3, -0.25) is 14.5 Å². The minimum Gasteiger partial charge on any atom is -0.325 e. The molecule has 1 saturated heterocycles. The molecular weight excluding hydrogens is 489 g/mol. The highest BCUT2D eigenvalue weighted by molar-refractivity contribution is 8.15. The highest BCUT2D eigenvalue weighted by atomic mass is 35.5. The van der Waals surface area contributed by atoms with Crippen LogP contribution in [-0.4, -0.2) is 33.7 Å². The monoisotopic (exact) mass is 511 g/mol. The predicted octanol–water partition coefficient (Wildman–Crippen LogP) is 6.59. The van der Waals surface area contributed by atoms with Crippen LogP contribution in [0.2, 0.25) is 10.0 Å². The molecule has 0 bridgehead atoms. The Hall–Kier alpha value is -2.80. The van der Waals surface area contributed by atoms with Gasteiger partial charge in [0.05, 0.1) is 5.69 Å². The molecule has 0 aromatic heterocycles. The van der Waals surface area contributed by atoms with E-state index in [1.807, 2.05) is 48.5 Å². The molecule has 5 nitrogen and oxygen atoms in total. The summed E-state index contributed by atoms with van der Waals surface area (Å²) in [6.07, 6.45) is 1.74. The minimum atomic E-state index is -0.613. The van der Waals surface area contributed by atoms with Crippen LogP contribution in [0.1, 0.15) is 18.4 Å². The number of carbonyl (C=O) groups is 2. The zero-order chi connectivity index (χ0) is 23.9. The minimum absolute atomic E-state index is 0.0872. The highest BCUT2D eigenvalue weighted by Gasteiger charge is 2.35. The first-order valence-corrected chi connectivity index (χ1v) is 12.5. The highest BCUT2D eigenvalue weighted by Crippen LogP contribution is 2.31. The van der Waals surface area contributed by atoms with Crippen LogP contribution in [0.15, 0.2) is 83.9 Å². The van der Waals surface area contributed by atoms with E-state index in [0.717, 1.165) is 18.5 Å². The van der Waals surface area contributed by atoms with Crippen molar-refractivity contribution in [3.63, 3.8) is 0 Å². The van der Waals surface area contributed by atoms with Gasteiger partial charge < -0.3 is 5.32 Å². The van der Waals surface area contributed by atoms with E-state index in [1.54, 1.807) is 23.1 Å². The van der Waals surface area contributed by atoms with Crippen molar-refractivity contribution in [2.24, 2.45) is 4.99 Å². The molecule has 1 unspecified atom stereocenters. The summed E-state index contributed by atoms with van der Waals surface area (Å²) >= 11 is 13.4. The molecule has 1 heterocycles. The Morgan fingerprint density at radius 3 is 2.32 bits per heavy atom. The molecular formula is C26H23Cl2N3O2S. The number of rotatable bonds is 7. The number of nitrogens with one attached hydrogen (secondary N) is 1. The van der Waals surface area contributed by atoms with E-state index >= 15 is 0 Å². The molecule has 174 valence electrons. The fourth-order valence-electron chi connectivity index (χ4n) is 3.61. The summed E-state index contributed by atoms with van der Waals surface area (Å²) in [5, 5.41) is 3.58. The number of thioether (sulfide) groups is 1. The standard InChI is InChI=1S/C26H23Cl2N3O2S/c27-19-14-20(28)16-22(15-19)29-25(33)23-17-24(32)31(13-7-10-18-8-3-1-4-9-18)26(34-23)30-21-11-5-2-6-12-21/h1-6,8-9,11-12,14-16,23H,7,10,13,17H2,(H,29,33). The molecule has 3 aromatic carbocycles. The largest absolute Gasteiger partial charge is 0.325 e. The van der Waals surface area contributed by atoms with E-state index in [1.165, 1.54) is 17.3 Å². The van der Waals surface area contributed by atoms with Crippen molar-refractivity contribution < 1.29 is 9.59 Å². The summed E-state index contributed by atoms with van der Waals surface area (Å²) in [5.74, 6) is -0.410. The average molecular weight is 512 g/mol. The number of aliphatic imine (C=N–C) groups is 1. The lowest BCUT2D eigenvalue weighted by molar-refractivity contribution is -0.129. The van der Waals surface area contributed by atoms with E-state index in [9.17, 15) is 9.59 Å². The molecule has 0 saturated carbocycles. The van der Waals surface area contributed by atoms with Crippen LogP contribution in [0, 0.1) is 0 Å². The molecule has 4 rings (SSSR count). The van der Waals surface area contributed by atoms with Gasteiger partial charge in [-0.05, 0) is 48.7 Å². The van der Waals surface area contributed by atoms with Crippen molar-refractivity contribution in [3.05, 3.63) is 94.5 Å². The van der Waals surface area contributed by atoms with E-state index in [2.05, 4.69) is 17.4 Å². The van der Waals surface area contributed by atoms with Gasteiger partial charge in [0.1, 0.15) is 5.25 Å². The summed E-state index contributed by atoms with van der Waals surface area (Å²) in [5.41, 5.74) is 2.44. The normalized spacial score (nSPS) is 17.1. The van der Waals surface area contributed by atoms with Crippen LogP contribution >= 0.6 is 35.0 Å². The van der Waals surface area contributed by atoms with E-state index in [0.29, 0.717) is 27.4 Å². The molecule has 8 heteroatoms. The number of amidine groups is 1. The summed E-state index contributed by atoms with van der Waals surface area (Å²) in [7, 11) is 0. The second-order valence-electron chi connectivity index (χ2n) is 7.82. The molecule has 1 N–H and O–H groups in total. The lowest BCUT2D eigenvalue weighted by Crippen LogP contribution is -2.45. The number of anilines is 1. The maximum Gasteiger partial charge on any atom is 0.238 e. The second-order valence-corrected chi connectivity index (χ2v) is 9.87. The number of carbonyl (C=O) groups excluding carboxylic acids is 2. The smallest absolute Gasteiger partial charge is 0.238 e. The number of hydrogen-bond acceptors (Lipinski definition) is 4. The summed E-state index contributed by atoms with van der Waals surface area (Å²) in [4.78, 5) is 32.5. The zero-order valence-corrected chi connectivity index (χ0v) is 20.6. The third-order valence-electron chi connectivity index (χ3n) is 5.23. The molecule has 1 atom stereocenters. The Kier molecular flexibility index (Phi) is 8.27. The average Bonchev–Trinajstić information content (AvgIpc) is 2.81. The van der Waals surface area contributed by atoms with Gasteiger partial charge in [0.25, 0.3) is 0 Å². The Labute approximate surface area is 213 Å². The van der Waals surface area contributed by atoms with Crippen LogP contribution in [0.4, 0.5) is 11.4 Å². The van der Waals surface area contributed by atoms with E-state index in [-0.39, 0.29) is 18.2 Å². The SMILES string of the molecule is O=C(Nc1cc(Cl)cc(Cl)c1)C1CC(=O)N(CCCc2ccccc2)C(=Nc2ccccc2)S1. The Morgan fingerprint density at radius 2 is 1.65 bits per heavy atom. The Morgan fingerprint density at radius 1 is 1.00 bits per heavy atom. The van der Waals surface area contributed by atoms with Crippen molar-refractivity contribution in [2.75, 3.05) is 11.9 Å². The third-order valence-corrected chi connectivity index (χ3v) is 6.86. The predicted molar refractivity (Wildman–Crippen MR) is 141 cm³/mol. The van der Waals surface area contributed by atoms with E-state index < -0.39 is 5.25 Å². The van der Waals surface area contributed by atoms with Gasteiger partial charge in [0.15, 0.2) is 5.17 Å². The second kappa shape index (κ2) is 11.6. The lowest BCUT2D eigenvalue weighted by Gasteiger charge is -2.32. The zero-order valence-electron chi connectivity index (χ0n) is 18.3. The van der Waals surface area contributed by atoms with Crippen molar-refractivity contribution in [3.8, 4) is 0 Å². The van der Waals surface area contributed by atoms with Gasteiger partial charge in [-0.25, -0.2) is 4.99 Å². The Balaban J connectivity index is 1.50. The molecule has 1 aliphatic heterocycles. The third kappa shape index (κ3) is 6.63. The van der Waals surface area contributed by atoms with Crippen LogP contribution in [0.5, 0.6) is 0 Å². The van der Waals surface area contributed by atoms with Gasteiger partial charge in [0, 0.05) is 28.7 Å². The van der Waals surface area contributed by atoms with Crippen LogP contribution in [-0.2, 0) is 16.0 Å². The van der Waals surface area contributed by atoms with Gasteiger partial charge in [-0.2, -0.15) is 0 Å². The summed E-state index contributed by atoms with van der Waals surface area (Å²) in [6, 6.07) is 24.4. The van der Waals surface area contributed by atoms with Crippen molar-refractivity contribution >= 4 is 63.3 Å². The molecule has 0 spiro atoms. The topological polar surface area (TPSA) is 61.8 Å². The van der Waals surface area contributed by atoms with E-state index in [4.69, 9.17) is 28.2 Å². The number of benzene rings is 3. The van der Waals surface area contributed by atoms with Crippen LogP contribution in [0.3, 0.4) is 0 Å². The van der Waals surface area contributed by atoms with Crippen molar-refractivity contribution in [1.29, 1.82) is 0 Å². The van der Waals surface area contributed by atoms with Crippen molar-refractivity contribution in [2.45, 2.75) is 24.5 Å². The summed E-state index contributed by atoms with van der Waals surface area (Å²) in [6.45, 7) is 0.532. The van der Waals surface area contributed by atoms with Gasteiger partial charge in [0.2, 0.25) is 11.8 Å². The number of aryl methyl sites for hydroxylation is 1. The molecule has 1 aliphatic rings. The number of nitrogens with zero attached hydrogens (tertiary/aromatic N) is 2. The Bertz CT molecular complexity index is 1170. The van der Waals surface area contributed by atoms with Gasteiger partial charge in [-0.15, -0.1) is 0 Å². The maximum absolute atomic E-state index is 13.1. The summed E-state index contributed by atoms with van der Waals surface area (Å²) < 4.78 is 0. The molecule has 2 amide bonds. The number of hydrogen-bond donors (Lipinski definition) is 1. The number of amides is 2. The first-order valence-electron chi connectivity index (χ1n) is 10.9. The quantitative estimate of drug-likeness (QED) is 0.389. The van der Waals surface area contributed by atoms with Crippen LogP contribution in [0.25, 0.3) is 0 Å². The maximum atomic E-state index is 13.1. The fraction of sp³-hybridized carbons (Fsp3) is 0.192. The molecule has 0 radical (unpaired) electrons. The lowest BCUT2D eigenvalue weighted by atomic mass is 10.1. The number of para-hydroxylation sites is 1. The molecule has 3 aromatic rings. The number of halogens is 2. The molecule has 34 heavy (non-hydrogen) atoms. The first-order chi connectivity index (χ1) is 16.5. The fourth-order valence-corrected chi connectivity index (χ4v) is 5.26. The molecule has 0 aliphatic carbocycles. The van der Waals surface area contributed by atoms with Crippen LogP contribution < -0.4 is 5.32 Å².